The highest BCUT2D eigenvalue weighted by atomic mass is 19.1. The van der Waals surface area contributed by atoms with Crippen molar-refractivity contribution in [3.8, 4) is 0 Å². The SMILES string of the molecule is CC1=CC(C)=N/C1=C(/CCC(=O)ON1C(=O)CCC1=O)c1c(C)cc(C)n1B(F)OCCO. The maximum atomic E-state index is 15.0. The van der Waals surface area contributed by atoms with Crippen molar-refractivity contribution in [3.63, 3.8) is 0 Å². The second-order valence-electron chi connectivity index (χ2n) is 8.03. The number of aliphatic imine (C=N–C) groups is 1. The molecule has 3 rings (SSSR count). The number of hydrogen-bond donors (Lipinski definition) is 1. The summed E-state index contributed by atoms with van der Waals surface area (Å²) in [6.45, 7) is 6.77. The Morgan fingerprint density at radius 1 is 1.18 bits per heavy atom. The van der Waals surface area contributed by atoms with E-state index in [0.29, 0.717) is 27.7 Å². The molecule has 2 aliphatic heterocycles. The van der Waals surface area contributed by atoms with Crippen LogP contribution >= 0.6 is 0 Å². The number of halogens is 1. The van der Waals surface area contributed by atoms with Crippen LogP contribution < -0.4 is 0 Å². The Balaban J connectivity index is 1.94. The minimum Gasteiger partial charge on any atom is -0.394 e. The first-order valence-corrected chi connectivity index (χ1v) is 10.7. The summed E-state index contributed by atoms with van der Waals surface area (Å²) < 4.78 is 21.5. The van der Waals surface area contributed by atoms with Gasteiger partial charge in [0.1, 0.15) is 0 Å². The molecule has 0 saturated carbocycles. The number of imide groups is 1. The number of amides is 2. The molecule has 11 heteroatoms. The van der Waals surface area contributed by atoms with Crippen LogP contribution in [0, 0.1) is 13.8 Å². The van der Waals surface area contributed by atoms with Gasteiger partial charge in [0.05, 0.1) is 25.3 Å². The number of carbonyl (C=O) groups excluding carboxylic acids is 3. The van der Waals surface area contributed by atoms with Crippen LogP contribution in [0.4, 0.5) is 4.32 Å². The van der Waals surface area contributed by atoms with E-state index in [1.165, 1.54) is 4.48 Å². The number of rotatable bonds is 9. The summed E-state index contributed by atoms with van der Waals surface area (Å²) in [5.41, 5.74) is 4.73. The largest absolute Gasteiger partial charge is 0.637 e. The first kappa shape index (κ1) is 24.6. The van der Waals surface area contributed by atoms with Crippen LogP contribution in [0.1, 0.15) is 56.5 Å². The fraction of sp³-hybridized carbons (Fsp3) is 0.455. The van der Waals surface area contributed by atoms with Gasteiger partial charge in [0.15, 0.2) is 0 Å². The molecule has 1 aromatic rings. The maximum Gasteiger partial charge on any atom is 0.637 e. The smallest absolute Gasteiger partial charge is 0.394 e. The Hall–Kier alpha value is -3.05. The highest BCUT2D eigenvalue weighted by molar-refractivity contribution is 6.42. The van der Waals surface area contributed by atoms with Crippen molar-refractivity contribution < 1.29 is 33.3 Å². The Kier molecular flexibility index (Phi) is 7.65. The number of hydroxylamine groups is 2. The molecule has 176 valence electrons. The summed E-state index contributed by atoms with van der Waals surface area (Å²) in [6.07, 6.45) is 1.88. The zero-order chi connectivity index (χ0) is 24.3. The third-order valence-corrected chi connectivity index (χ3v) is 5.41. The lowest BCUT2D eigenvalue weighted by molar-refractivity contribution is -0.197. The number of aromatic nitrogens is 1. The number of allylic oxidation sites excluding steroid dienone is 3. The molecular formula is C22H27BFN3O6. The van der Waals surface area contributed by atoms with E-state index in [1.807, 2.05) is 26.8 Å². The Morgan fingerprint density at radius 3 is 2.42 bits per heavy atom. The number of aliphatic hydroxyl groups excluding tert-OH is 1. The van der Waals surface area contributed by atoms with Crippen LogP contribution in [0.3, 0.4) is 0 Å². The molecule has 33 heavy (non-hydrogen) atoms. The van der Waals surface area contributed by atoms with Crippen molar-refractivity contribution in [1.82, 2.24) is 9.54 Å². The van der Waals surface area contributed by atoms with Crippen molar-refractivity contribution in [3.05, 3.63) is 40.4 Å². The molecule has 1 saturated heterocycles. The molecular weight excluding hydrogens is 432 g/mol. The first-order valence-electron chi connectivity index (χ1n) is 10.7. The first-order chi connectivity index (χ1) is 15.6. The van der Waals surface area contributed by atoms with E-state index in [4.69, 9.17) is 14.6 Å². The Bertz CT molecular complexity index is 1060. The molecule has 0 atom stereocenters. The predicted molar refractivity (Wildman–Crippen MR) is 119 cm³/mol. The molecule has 0 radical (unpaired) electrons. The van der Waals surface area contributed by atoms with E-state index in [2.05, 4.69) is 4.99 Å². The topological polar surface area (TPSA) is 110 Å². The summed E-state index contributed by atoms with van der Waals surface area (Å²) in [6, 6.07) is 1.80. The predicted octanol–water partition coefficient (Wildman–Crippen LogP) is 2.44. The lowest BCUT2D eigenvalue weighted by Crippen LogP contribution is -2.32. The molecule has 0 unspecified atom stereocenters. The van der Waals surface area contributed by atoms with Crippen LogP contribution in [-0.4, -0.2) is 58.7 Å². The van der Waals surface area contributed by atoms with Gasteiger partial charge in [-0.3, -0.25) is 18.9 Å². The molecule has 1 N–H and O–H groups in total. The zero-order valence-corrected chi connectivity index (χ0v) is 19.2. The van der Waals surface area contributed by atoms with Crippen molar-refractivity contribution in [2.24, 2.45) is 4.99 Å². The van der Waals surface area contributed by atoms with Gasteiger partial charge in [0.2, 0.25) is 0 Å². The number of aliphatic hydroxyl groups is 1. The summed E-state index contributed by atoms with van der Waals surface area (Å²) in [4.78, 5) is 45.5. The van der Waals surface area contributed by atoms with Gasteiger partial charge in [0, 0.05) is 35.5 Å². The molecule has 0 bridgehead atoms. The average molecular weight is 459 g/mol. The minimum absolute atomic E-state index is 0.0110. The maximum absolute atomic E-state index is 15.0. The molecule has 0 aromatic carbocycles. The molecule has 3 heterocycles. The van der Waals surface area contributed by atoms with Gasteiger partial charge >= 0.3 is 13.3 Å². The number of carbonyl (C=O) groups is 3. The van der Waals surface area contributed by atoms with Crippen molar-refractivity contribution in [2.75, 3.05) is 13.2 Å². The molecule has 9 nitrogen and oxygen atoms in total. The van der Waals surface area contributed by atoms with Gasteiger partial charge in [-0.2, -0.15) is 0 Å². The van der Waals surface area contributed by atoms with Crippen molar-refractivity contribution in [2.45, 2.75) is 53.4 Å². The number of hydrogen-bond acceptors (Lipinski definition) is 7. The summed E-state index contributed by atoms with van der Waals surface area (Å²) in [7, 11) is -1.85. The van der Waals surface area contributed by atoms with Crippen LogP contribution in [0.5, 0.6) is 0 Å². The summed E-state index contributed by atoms with van der Waals surface area (Å²) in [5, 5.41) is 9.52. The van der Waals surface area contributed by atoms with E-state index in [-0.39, 0.29) is 38.9 Å². The van der Waals surface area contributed by atoms with E-state index in [1.54, 1.807) is 13.0 Å². The van der Waals surface area contributed by atoms with E-state index in [9.17, 15) is 14.4 Å². The van der Waals surface area contributed by atoms with Gasteiger partial charge in [-0.15, -0.1) is 5.06 Å². The average Bonchev–Trinajstić information content (AvgIpc) is 3.36. The molecule has 1 fully saturated rings. The van der Waals surface area contributed by atoms with Crippen LogP contribution in [-0.2, 0) is 23.9 Å². The third kappa shape index (κ3) is 5.31. The lowest BCUT2D eigenvalue weighted by Gasteiger charge is -2.19. The van der Waals surface area contributed by atoms with Crippen molar-refractivity contribution >= 4 is 36.4 Å². The minimum atomic E-state index is -1.85. The van der Waals surface area contributed by atoms with Gasteiger partial charge in [-0.1, -0.05) is 0 Å². The number of nitrogens with zero attached hydrogens (tertiary/aromatic N) is 3. The monoisotopic (exact) mass is 459 g/mol. The van der Waals surface area contributed by atoms with Gasteiger partial charge in [-0.05, 0) is 57.4 Å². The molecule has 2 amide bonds. The summed E-state index contributed by atoms with van der Waals surface area (Å²) in [5.74, 6) is -1.86. The van der Waals surface area contributed by atoms with Crippen LogP contribution in [0.2, 0.25) is 0 Å². The number of aryl methyl sites for hydroxylation is 2. The second kappa shape index (κ2) is 10.3. The van der Waals surface area contributed by atoms with Gasteiger partial charge in [-0.25, -0.2) is 4.79 Å². The molecule has 0 spiro atoms. The van der Waals surface area contributed by atoms with E-state index in [0.717, 1.165) is 16.8 Å². The normalized spacial score (nSPS) is 17.5. The highest BCUT2D eigenvalue weighted by Crippen LogP contribution is 2.35. The van der Waals surface area contributed by atoms with Crippen LogP contribution in [0.15, 0.2) is 28.4 Å². The van der Waals surface area contributed by atoms with Gasteiger partial charge < -0.3 is 19.1 Å². The quantitative estimate of drug-likeness (QED) is 0.449. The molecule has 1 aromatic heterocycles. The zero-order valence-electron chi connectivity index (χ0n) is 19.2. The highest BCUT2D eigenvalue weighted by Gasteiger charge is 2.33. The van der Waals surface area contributed by atoms with Crippen molar-refractivity contribution in [1.29, 1.82) is 0 Å². The lowest BCUT2D eigenvalue weighted by atomic mass is 9.97. The Labute approximate surface area is 191 Å². The van der Waals surface area contributed by atoms with E-state index < -0.39 is 25.1 Å². The summed E-state index contributed by atoms with van der Waals surface area (Å²) >= 11 is 0. The van der Waals surface area contributed by atoms with Crippen LogP contribution in [0.25, 0.3) is 5.57 Å². The van der Waals surface area contributed by atoms with Gasteiger partial charge in [0.25, 0.3) is 11.8 Å². The fourth-order valence-electron chi connectivity index (χ4n) is 4.05. The molecule has 2 aliphatic rings. The molecule has 0 aliphatic carbocycles. The Morgan fingerprint density at radius 2 is 1.85 bits per heavy atom. The standard InChI is InChI=1S/C22H27BFN3O6/c1-13-11-15(3)25-21(13)17(5-8-20(31)33-27-18(29)6-7-19(27)30)22-14(2)12-16(4)26(22)23(24)32-10-9-28/h11-12,28H,5-10H2,1-4H3/b21-17-. The van der Waals surface area contributed by atoms with E-state index >= 15 is 4.32 Å². The second-order valence-corrected chi connectivity index (χ2v) is 8.03. The fourth-order valence-corrected chi connectivity index (χ4v) is 4.05. The third-order valence-electron chi connectivity index (χ3n) is 5.41.